The molecule has 192 valence electrons. The van der Waals surface area contributed by atoms with Gasteiger partial charge in [-0.15, -0.1) is 0 Å². The summed E-state index contributed by atoms with van der Waals surface area (Å²) in [7, 11) is 0. The minimum absolute atomic E-state index is 0.121. The molecule has 1 saturated carbocycles. The summed E-state index contributed by atoms with van der Waals surface area (Å²) in [5.41, 5.74) is 4.68. The van der Waals surface area contributed by atoms with Gasteiger partial charge in [-0.25, -0.2) is 0 Å². The number of nitrogens with zero attached hydrogens (tertiary/aromatic N) is 2. The quantitative estimate of drug-likeness (QED) is 0.498. The van der Waals surface area contributed by atoms with Crippen molar-refractivity contribution in [2.45, 2.75) is 38.8 Å². The highest BCUT2D eigenvalue weighted by atomic mass is 16.5. The van der Waals surface area contributed by atoms with Gasteiger partial charge >= 0.3 is 0 Å². The van der Waals surface area contributed by atoms with E-state index in [0.29, 0.717) is 43.6 Å². The van der Waals surface area contributed by atoms with E-state index >= 15 is 0 Å². The molecular weight excluding hydrogens is 468 g/mol. The molecule has 1 aromatic heterocycles. The van der Waals surface area contributed by atoms with Gasteiger partial charge in [0.05, 0.1) is 19.3 Å². The van der Waals surface area contributed by atoms with Crippen molar-refractivity contribution in [1.29, 1.82) is 0 Å². The third kappa shape index (κ3) is 5.01. The summed E-state index contributed by atoms with van der Waals surface area (Å²) >= 11 is 0. The molecule has 0 bridgehead atoms. The number of morpholine rings is 1. The van der Waals surface area contributed by atoms with Gasteiger partial charge in [-0.3, -0.25) is 9.59 Å². The number of furan rings is 1. The molecule has 1 saturated heterocycles. The molecule has 3 aromatic rings. The first-order chi connectivity index (χ1) is 18.1. The van der Waals surface area contributed by atoms with Crippen molar-refractivity contribution in [3.05, 3.63) is 88.4 Å². The van der Waals surface area contributed by atoms with Crippen molar-refractivity contribution in [2.75, 3.05) is 32.8 Å². The Bertz CT molecular complexity index is 1290. The van der Waals surface area contributed by atoms with Crippen LogP contribution in [-0.4, -0.2) is 54.5 Å². The van der Waals surface area contributed by atoms with Crippen LogP contribution in [0.25, 0.3) is 0 Å². The normalized spacial score (nSPS) is 19.4. The predicted molar refractivity (Wildman–Crippen MR) is 137 cm³/mol. The zero-order valence-corrected chi connectivity index (χ0v) is 21.2. The number of amides is 2. The lowest BCUT2D eigenvalue weighted by Gasteiger charge is -2.38. The zero-order valence-electron chi connectivity index (χ0n) is 21.2. The highest BCUT2D eigenvalue weighted by Crippen LogP contribution is 2.41. The Kier molecular flexibility index (Phi) is 6.47. The summed E-state index contributed by atoms with van der Waals surface area (Å²) < 4.78 is 17.2. The fourth-order valence-corrected chi connectivity index (χ4v) is 5.24. The first-order valence-electron chi connectivity index (χ1n) is 13.2. The number of aryl methyl sites for hydroxylation is 1. The molecule has 37 heavy (non-hydrogen) atoms. The van der Waals surface area contributed by atoms with Crippen LogP contribution in [0.3, 0.4) is 0 Å². The molecule has 0 radical (unpaired) electrons. The number of carbonyl (C=O) groups excluding carboxylic acids is 2. The van der Waals surface area contributed by atoms with Gasteiger partial charge in [0.2, 0.25) is 5.91 Å². The van der Waals surface area contributed by atoms with Crippen molar-refractivity contribution in [2.24, 2.45) is 5.92 Å². The van der Waals surface area contributed by atoms with Crippen LogP contribution in [0, 0.1) is 12.8 Å². The molecule has 2 fully saturated rings. The first kappa shape index (κ1) is 23.8. The van der Waals surface area contributed by atoms with Crippen LogP contribution in [-0.2, 0) is 22.6 Å². The van der Waals surface area contributed by atoms with Crippen LogP contribution < -0.4 is 4.74 Å². The maximum atomic E-state index is 13.2. The van der Waals surface area contributed by atoms with E-state index in [1.807, 2.05) is 6.07 Å². The largest absolute Gasteiger partial charge is 0.486 e. The molecule has 6 rings (SSSR count). The van der Waals surface area contributed by atoms with E-state index in [-0.39, 0.29) is 30.4 Å². The molecule has 0 spiro atoms. The highest BCUT2D eigenvalue weighted by Gasteiger charge is 2.39. The summed E-state index contributed by atoms with van der Waals surface area (Å²) in [5.74, 6) is 1.94. The van der Waals surface area contributed by atoms with Crippen LogP contribution in [0.4, 0.5) is 0 Å². The molecule has 2 aliphatic heterocycles. The molecule has 1 aliphatic carbocycles. The van der Waals surface area contributed by atoms with Crippen molar-refractivity contribution in [3.8, 4) is 5.75 Å². The van der Waals surface area contributed by atoms with Crippen molar-refractivity contribution in [3.63, 3.8) is 0 Å². The van der Waals surface area contributed by atoms with Crippen LogP contribution >= 0.6 is 0 Å². The Morgan fingerprint density at radius 3 is 2.51 bits per heavy atom. The van der Waals surface area contributed by atoms with E-state index in [4.69, 9.17) is 13.9 Å². The van der Waals surface area contributed by atoms with Crippen LogP contribution in [0.5, 0.6) is 5.75 Å². The lowest BCUT2D eigenvalue weighted by atomic mass is 9.87. The van der Waals surface area contributed by atoms with Crippen LogP contribution in [0.15, 0.2) is 59.0 Å². The fraction of sp³-hybridized carbons (Fsp3) is 0.400. The van der Waals surface area contributed by atoms with E-state index in [2.05, 4.69) is 48.2 Å². The van der Waals surface area contributed by atoms with Crippen LogP contribution in [0.1, 0.15) is 57.5 Å². The van der Waals surface area contributed by atoms with E-state index in [1.54, 1.807) is 17.0 Å². The Balaban J connectivity index is 1.21. The summed E-state index contributed by atoms with van der Waals surface area (Å²) in [4.78, 5) is 29.7. The van der Waals surface area contributed by atoms with Gasteiger partial charge in [0.15, 0.2) is 5.76 Å². The minimum atomic E-state index is -0.123. The van der Waals surface area contributed by atoms with Gasteiger partial charge in [-0.05, 0) is 67.1 Å². The minimum Gasteiger partial charge on any atom is -0.486 e. The summed E-state index contributed by atoms with van der Waals surface area (Å²) in [6, 6.07) is 18.0. The number of hydrogen-bond donors (Lipinski definition) is 0. The van der Waals surface area contributed by atoms with E-state index in [0.717, 1.165) is 36.9 Å². The Hall–Kier alpha value is -3.58. The zero-order chi connectivity index (χ0) is 25.4. The predicted octanol–water partition coefficient (Wildman–Crippen LogP) is 4.52. The number of rotatable bonds is 6. The second kappa shape index (κ2) is 10.1. The Morgan fingerprint density at radius 1 is 0.973 bits per heavy atom. The third-order valence-corrected chi connectivity index (χ3v) is 7.50. The van der Waals surface area contributed by atoms with Gasteiger partial charge < -0.3 is 23.7 Å². The molecule has 2 aromatic carbocycles. The second-order valence-electron chi connectivity index (χ2n) is 10.2. The first-order valence-corrected chi connectivity index (χ1v) is 13.2. The molecular formula is C30H32N2O5. The average molecular weight is 501 g/mol. The molecule has 2 amide bonds. The average Bonchev–Trinajstić information content (AvgIpc) is 3.68. The molecule has 0 N–H and O–H groups in total. The fourth-order valence-electron chi connectivity index (χ4n) is 5.24. The van der Waals surface area contributed by atoms with Gasteiger partial charge in [-0.2, -0.15) is 0 Å². The van der Waals surface area contributed by atoms with Crippen LogP contribution in [0.2, 0.25) is 0 Å². The number of benzene rings is 2. The number of carbonyl (C=O) groups is 2. The van der Waals surface area contributed by atoms with Crippen molar-refractivity contribution < 1.29 is 23.5 Å². The summed E-state index contributed by atoms with van der Waals surface area (Å²) in [6.45, 7) is 5.27. The lowest BCUT2D eigenvalue weighted by Crippen LogP contribution is -2.41. The monoisotopic (exact) mass is 500 g/mol. The second-order valence-corrected chi connectivity index (χ2v) is 10.2. The van der Waals surface area contributed by atoms with E-state index < -0.39 is 0 Å². The van der Waals surface area contributed by atoms with Gasteiger partial charge in [0, 0.05) is 25.6 Å². The molecule has 1 atom stereocenters. The SMILES string of the molecule is Cc1ccc([C@H]2c3cc(OCc4ccc(C(=O)N5CCOCC5)o4)ccc3CCN2C(=O)C2CC2)cc1. The molecule has 0 unspecified atom stereocenters. The Labute approximate surface area is 217 Å². The maximum absolute atomic E-state index is 13.2. The lowest BCUT2D eigenvalue weighted by molar-refractivity contribution is -0.134. The third-order valence-electron chi connectivity index (χ3n) is 7.50. The number of ether oxygens (including phenoxy) is 2. The number of hydrogen-bond acceptors (Lipinski definition) is 5. The van der Waals surface area contributed by atoms with Gasteiger partial charge in [0.1, 0.15) is 18.1 Å². The van der Waals surface area contributed by atoms with E-state index in [9.17, 15) is 9.59 Å². The van der Waals surface area contributed by atoms with E-state index in [1.165, 1.54) is 11.1 Å². The molecule has 7 heteroatoms. The topological polar surface area (TPSA) is 72.2 Å². The van der Waals surface area contributed by atoms with Gasteiger partial charge in [0.25, 0.3) is 5.91 Å². The standard InChI is InChI=1S/C30H32N2O5/c1-20-2-4-22(5-3-20)28-26-18-24(9-8-21(26)12-13-32(28)29(33)23-6-7-23)36-19-25-10-11-27(37-25)30(34)31-14-16-35-17-15-31/h2-5,8-11,18,23,28H,6-7,12-17,19H2,1H3/t28-/m0/s1. The van der Waals surface area contributed by atoms with Crippen molar-refractivity contribution >= 4 is 11.8 Å². The molecule has 3 aliphatic rings. The maximum Gasteiger partial charge on any atom is 0.289 e. The van der Waals surface area contributed by atoms with Crippen molar-refractivity contribution in [1.82, 2.24) is 9.80 Å². The summed E-state index contributed by atoms with van der Waals surface area (Å²) in [5, 5.41) is 0. The number of fused-ring (bicyclic) bond motifs is 1. The smallest absolute Gasteiger partial charge is 0.289 e. The Morgan fingerprint density at radius 2 is 1.76 bits per heavy atom. The summed E-state index contributed by atoms with van der Waals surface area (Å²) in [6.07, 6.45) is 2.82. The highest BCUT2D eigenvalue weighted by molar-refractivity contribution is 5.91. The van der Waals surface area contributed by atoms with Gasteiger partial charge in [-0.1, -0.05) is 35.9 Å². The molecule has 7 nitrogen and oxygen atoms in total. The molecule has 3 heterocycles.